The van der Waals surface area contributed by atoms with Gasteiger partial charge in [0.2, 0.25) is 5.91 Å². The SMILES string of the molecule is CC(=O)Nc1ccc(NC(=O)COc2ccc3ncccc3c2)cc1. The standard InChI is InChI=1S/C19H17N3O3/c1-13(23)21-15-4-6-16(7-5-15)22-19(24)12-25-17-8-9-18-14(11-17)3-2-10-20-18/h2-11H,12H2,1H3,(H,21,23)(H,22,24). The van der Waals surface area contributed by atoms with Crippen molar-refractivity contribution in [3.05, 3.63) is 60.8 Å². The number of carbonyl (C=O) groups is 2. The molecule has 3 aromatic rings. The van der Waals surface area contributed by atoms with Crippen LogP contribution in [-0.4, -0.2) is 23.4 Å². The summed E-state index contributed by atoms with van der Waals surface area (Å²) >= 11 is 0. The summed E-state index contributed by atoms with van der Waals surface area (Å²) in [6, 6.07) is 16.1. The maximum absolute atomic E-state index is 12.0. The summed E-state index contributed by atoms with van der Waals surface area (Å²) in [7, 11) is 0. The molecule has 2 amide bonds. The second-order valence-electron chi connectivity index (χ2n) is 5.45. The van der Waals surface area contributed by atoms with E-state index in [1.54, 1.807) is 36.5 Å². The van der Waals surface area contributed by atoms with Crippen LogP contribution in [-0.2, 0) is 9.59 Å². The Balaban J connectivity index is 1.55. The van der Waals surface area contributed by atoms with Gasteiger partial charge in [0, 0.05) is 29.9 Å². The van der Waals surface area contributed by atoms with Crippen molar-refractivity contribution in [3.8, 4) is 5.75 Å². The van der Waals surface area contributed by atoms with Gasteiger partial charge in [-0.2, -0.15) is 0 Å². The summed E-state index contributed by atoms with van der Waals surface area (Å²) in [5.41, 5.74) is 2.18. The summed E-state index contributed by atoms with van der Waals surface area (Å²) in [5, 5.41) is 6.36. The number of benzene rings is 2. The van der Waals surface area contributed by atoms with Crippen LogP contribution in [0.4, 0.5) is 11.4 Å². The molecule has 6 nitrogen and oxygen atoms in total. The first-order chi connectivity index (χ1) is 12.1. The number of aromatic nitrogens is 1. The summed E-state index contributed by atoms with van der Waals surface area (Å²) in [6.07, 6.45) is 1.73. The third-order valence-corrected chi connectivity index (χ3v) is 3.43. The van der Waals surface area contributed by atoms with E-state index in [0.29, 0.717) is 17.1 Å². The van der Waals surface area contributed by atoms with Gasteiger partial charge in [0.1, 0.15) is 5.75 Å². The lowest BCUT2D eigenvalue weighted by Gasteiger charge is -2.09. The van der Waals surface area contributed by atoms with Crippen molar-refractivity contribution in [3.63, 3.8) is 0 Å². The van der Waals surface area contributed by atoms with Gasteiger partial charge in [-0.15, -0.1) is 0 Å². The molecule has 0 saturated heterocycles. The number of nitrogens with one attached hydrogen (secondary N) is 2. The van der Waals surface area contributed by atoms with E-state index in [-0.39, 0.29) is 18.4 Å². The van der Waals surface area contributed by atoms with E-state index in [4.69, 9.17) is 4.74 Å². The van der Waals surface area contributed by atoms with Crippen LogP contribution in [0.1, 0.15) is 6.92 Å². The highest BCUT2D eigenvalue weighted by Gasteiger charge is 2.05. The molecule has 0 spiro atoms. The average Bonchev–Trinajstić information content (AvgIpc) is 2.61. The van der Waals surface area contributed by atoms with Crippen molar-refractivity contribution in [2.24, 2.45) is 0 Å². The Morgan fingerprint density at radius 2 is 1.72 bits per heavy atom. The fourth-order valence-electron chi connectivity index (χ4n) is 2.33. The molecule has 1 aromatic heterocycles. The maximum Gasteiger partial charge on any atom is 0.262 e. The molecule has 0 atom stereocenters. The number of rotatable bonds is 5. The monoisotopic (exact) mass is 335 g/mol. The van der Waals surface area contributed by atoms with Crippen molar-refractivity contribution in [2.75, 3.05) is 17.2 Å². The van der Waals surface area contributed by atoms with E-state index in [1.807, 2.05) is 24.3 Å². The highest BCUT2D eigenvalue weighted by Crippen LogP contribution is 2.19. The Kier molecular flexibility index (Phi) is 4.89. The van der Waals surface area contributed by atoms with E-state index in [0.717, 1.165) is 10.9 Å². The number of fused-ring (bicyclic) bond motifs is 1. The van der Waals surface area contributed by atoms with E-state index in [1.165, 1.54) is 6.92 Å². The predicted molar refractivity (Wildman–Crippen MR) is 96.6 cm³/mol. The molecule has 0 radical (unpaired) electrons. The number of ether oxygens (including phenoxy) is 1. The minimum absolute atomic E-state index is 0.0980. The molecule has 6 heteroatoms. The van der Waals surface area contributed by atoms with Gasteiger partial charge in [0.05, 0.1) is 5.52 Å². The lowest BCUT2D eigenvalue weighted by Crippen LogP contribution is -2.20. The zero-order valence-corrected chi connectivity index (χ0v) is 13.7. The van der Waals surface area contributed by atoms with Crippen molar-refractivity contribution < 1.29 is 14.3 Å². The number of carbonyl (C=O) groups excluding carboxylic acids is 2. The Hall–Kier alpha value is -3.41. The van der Waals surface area contributed by atoms with Crippen molar-refractivity contribution in [1.82, 2.24) is 4.98 Å². The minimum Gasteiger partial charge on any atom is -0.484 e. The molecular weight excluding hydrogens is 318 g/mol. The molecule has 0 fully saturated rings. The minimum atomic E-state index is -0.265. The summed E-state index contributed by atoms with van der Waals surface area (Å²) in [5.74, 6) is 0.200. The van der Waals surface area contributed by atoms with Gasteiger partial charge in [-0.25, -0.2) is 0 Å². The molecule has 0 unspecified atom stereocenters. The summed E-state index contributed by atoms with van der Waals surface area (Å²) < 4.78 is 5.53. The first-order valence-electron chi connectivity index (χ1n) is 7.75. The van der Waals surface area contributed by atoms with Gasteiger partial charge < -0.3 is 15.4 Å². The van der Waals surface area contributed by atoms with E-state index in [2.05, 4.69) is 15.6 Å². The molecular formula is C19H17N3O3. The number of amides is 2. The largest absolute Gasteiger partial charge is 0.484 e. The molecule has 1 heterocycles. The fourth-order valence-corrected chi connectivity index (χ4v) is 2.33. The molecule has 0 saturated carbocycles. The van der Waals surface area contributed by atoms with Gasteiger partial charge in [0.15, 0.2) is 6.61 Å². The molecule has 2 aromatic carbocycles. The number of pyridine rings is 1. The molecule has 0 aliphatic carbocycles. The Labute approximate surface area is 144 Å². The number of anilines is 2. The Morgan fingerprint density at radius 1 is 1.00 bits per heavy atom. The van der Waals surface area contributed by atoms with Crippen LogP contribution >= 0.6 is 0 Å². The quantitative estimate of drug-likeness (QED) is 0.750. The Bertz CT molecular complexity index is 907. The van der Waals surface area contributed by atoms with Crippen molar-refractivity contribution >= 4 is 34.1 Å². The average molecular weight is 335 g/mol. The van der Waals surface area contributed by atoms with Crippen LogP contribution in [0.3, 0.4) is 0 Å². The molecule has 3 rings (SSSR count). The van der Waals surface area contributed by atoms with E-state index < -0.39 is 0 Å². The normalized spacial score (nSPS) is 10.3. The smallest absolute Gasteiger partial charge is 0.262 e. The lowest BCUT2D eigenvalue weighted by molar-refractivity contribution is -0.118. The second-order valence-corrected chi connectivity index (χ2v) is 5.45. The van der Waals surface area contributed by atoms with Crippen LogP contribution in [0.5, 0.6) is 5.75 Å². The van der Waals surface area contributed by atoms with Gasteiger partial charge in [-0.05, 0) is 48.5 Å². The molecule has 2 N–H and O–H groups in total. The third kappa shape index (κ3) is 4.54. The van der Waals surface area contributed by atoms with Gasteiger partial charge >= 0.3 is 0 Å². The molecule has 126 valence electrons. The van der Waals surface area contributed by atoms with E-state index >= 15 is 0 Å². The first-order valence-corrected chi connectivity index (χ1v) is 7.75. The highest BCUT2D eigenvalue weighted by atomic mass is 16.5. The Morgan fingerprint density at radius 3 is 2.44 bits per heavy atom. The third-order valence-electron chi connectivity index (χ3n) is 3.43. The highest BCUT2D eigenvalue weighted by molar-refractivity contribution is 5.93. The molecule has 0 aliphatic heterocycles. The van der Waals surface area contributed by atoms with Gasteiger partial charge in [-0.3, -0.25) is 14.6 Å². The summed E-state index contributed by atoms with van der Waals surface area (Å²) in [6.45, 7) is 1.34. The van der Waals surface area contributed by atoms with Crippen LogP contribution in [0, 0.1) is 0 Å². The van der Waals surface area contributed by atoms with Gasteiger partial charge in [0.25, 0.3) is 5.91 Å². The zero-order chi connectivity index (χ0) is 17.6. The second kappa shape index (κ2) is 7.44. The maximum atomic E-state index is 12.0. The van der Waals surface area contributed by atoms with Gasteiger partial charge in [-0.1, -0.05) is 6.07 Å². The van der Waals surface area contributed by atoms with Crippen LogP contribution < -0.4 is 15.4 Å². The number of nitrogens with zero attached hydrogens (tertiary/aromatic N) is 1. The van der Waals surface area contributed by atoms with Crippen LogP contribution in [0.25, 0.3) is 10.9 Å². The lowest BCUT2D eigenvalue weighted by atomic mass is 10.2. The van der Waals surface area contributed by atoms with Crippen molar-refractivity contribution in [2.45, 2.75) is 6.92 Å². The fraction of sp³-hybridized carbons (Fsp3) is 0.105. The molecule has 25 heavy (non-hydrogen) atoms. The zero-order valence-electron chi connectivity index (χ0n) is 13.7. The molecule has 0 bridgehead atoms. The van der Waals surface area contributed by atoms with Crippen LogP contribution in [0.2, 0.25) is 0 Å². The van der Waals surface area contributed by atoms with Crippen LogP contribution in [0.15, 0.2) is 60.8 Å². The topological polar surface area (TPSA) is 80.3 Å². The van der Waals surface area contributed by atoms with E-state index in [9.17, 15) is 9.59 Å². The number of hydrogen-bond donors (Lipinski definition) is 2. The predicted octanol–water partition coefficient (Wildman–Crippen LogP) is 3.21. The summed E-state index contributed by atoms with van der Waals surface area (Å²) in [4.78, 5) is 27.2. The number of hydrogen-bond acceptors (Lipinski definition) is 4. The van der Waals surface area contributed by atoms with Crippen molar-refractivity contribution in [1.29, 1.82) is 0 Å². The first kappa shape index (κ1) is 16.4. The molecule has 0 aliphatic rings.